The average Bonchev–Trinajstić information content (AvgIpc) is 2.84. The van der Waals surface area contributed by atoms with Gasteiger partial charge in [0, 0.05) is 0 Å². The predicted octanol–water partition coefficient (Wildman–Crippen LogP) is 4.76. The number of halogens is 6. The molecular weight excluding hydrogens is 298 g/mol. The molecule has 1 nitrogen and oxygen atoms in total. The van der Waals surface area contributed by atoms with E-state index in [1.807, 2.05) is 6.92 Å². The molecule has 1 saturated carbocycles. The van der Waals surface area contributed by atoms with Crippen molar-refractivity contribution in [1.29, 1.82) is 0 Å². The highest BCUT2D eigenvalue weighted by Gasteiger charge is 2.69. The van der Waals surface area contributed by atoms with E-state index in [-0.39, 0.29) is 12.3 Å². The van der Waals surface area contributed by atoms with E-state index in [0.717, 1.165) is 19.3 Å². The van der Waals surface area contributed by atoms with Crippen LogP contribution in [0, 0.1) is 11.8 Å². The molecule has 0 aromatic heterocycles. The summed E-state index contributed by atoms with van der Waals surface area (Å²) in [7, 11) is 0. The summed E-state index contributed by atoms with van der Waals surface area (Å²) in [4.78, 5) is 0. The van der Waals surface area contributed by atoms with Gasteiger partial charge in [-0.05, 0) is 57.3 Å². The highest BCUT2D eigenvalue weighted by molar-refractivity contribution is 5.25. The summed E-state index contributed by atoms with van der Waals surface area (Å²) in [5.74, 6) is 0.527. The molecule has 2 bridgehead atoms. The van der Waals surface area contributed by atoms with Crippen molar-refractivity contribution < 1.29 is 31.4 Å². The lowest BCUT2D eigenvalue weighted by atomic mass is 9.83. The van der Waals surface area contributed by atoms with Gasteiger partial charge in [0.25, 0.3) is 5.60 Å². The monoisotopic (exact) mass is 316 g/mol. The third kappa shape index (κ3) is 2.94. The van der Waals surface area contributed by atoms with Crippen molar-refractivity contribution in [1.82, 2.24) is 0 Å². The van der Waals surface area contributed by atoms with Crippen LogP contribution in [0.25, 0.3) is 0 Å². The topological polar surface area (TPSA) is 20.2 Å². The van der Waals surface area contributed by atoms with Gasteiger partial charge in [-0.1, -0.05) is 11.1 Å². The maximum absolute atomic E-state index is 12.5. The number of hydrogen-bond acceptors (Lipinski definition) is 1. The van der Waals surface area contributed by atoms with Crippen molar-refractivity contribution in [3.05, 3.63) is 11.1 Å². The molecule has 7 heteroatoms. The van der Waals surface area contributed by atoms with Crippen molar-refractivity contribution in [2.24, 2.45) is 11.8 Å². The van der Waals surface area contributed by atoms with E-state index in [0.29, 0.717) is 12.3 Å². The Labute approximate surface area is 119 Å². The van der Waals surface area contributed by atoms with Gasteiger partial charge in [0.05, 0.1) is 0 Å². The van der Waals surface area contributed by atoms with E-state index in [4.69, 9.17) is 5.11 Å². The van der Waals surface area contributed by atoms with E-state index in [1.165, 1.54) is 11.1 Å². The van der Waals surface area contributed by atoms with E-state index in [2.05, 4.69) is 0 Å². The highest BCUT2D eigenvalue weighted by atomic mass is 19.4. The Kier molecular flexibility index (Phi) is 4.10. The Balaban J connectivity index is 1.93. The van der Waals surface area contributed by atoms with Gasteiger partial charge in [0.15, 0.2) is 0 Å². The molecule has 0 aliphatic heterocycles. The van der Waals surface area contributed by atoms with E-state index in [9.17, 15) is 26.3 Å². The van der Waals surface area contributed by atoms with Gasteiger partial charge in [-0.2, -0.15) is 26.3 Å². The van der Waals surface area contributed by atoms with E-state index < -0.39 is 24.4 Å². The van der Waals surface area contributed by atoms with Crippen LogP contribution in [-0.4, -0.2) is 23.1 Å². The standard InChI is InChI=1S/C14H18F6O/c1-8-5-11-7-10(8)6-9(11)3-2-4-12(21,13(15,16)17)14(18,19)20/h9,11,21H,2-7H2,1H3. The second-order valence-electron chi connectivity index (χ2n) is 6.26. The fourth-order valence-corrected chi connectivity index (χ4v) is 3.58. The largest absolute Gasteiger partial charge is 0.426 e. The molecule has 2 unspecified atom stereocenters. The first kappa shape index (κ1) is 16.6. The van der Waals surface area contributed by atoms with Gasteiger partial charge in [-0.25, -0.2) is 0 Å². The normalized spacial score (nSPS) is 26.9. The van der Waals surface area contributed by atoms with Gasteiger partial charge >= 0.3 is 12.4 Å². The van der Waals surface area contributed by atoms with Crippen LogP contribution in [0.5, 0.6) is 0 Å². The van der Waals surface area contributed by atoms with Gasteiger partial charge in [-0.3, -0.25) is 0 Å². The molecule has 0 spiro atoms. The minimum absolute atomic E-state index is 0.161. The van der Waals surface area contributed by atoms with Crippen LogP contribution in [-0.2, 0) is 0 Å². The molecule has 0 amide bonds. The summed E-state index contributed by atoms with van der Waals surface area (Å²) in [5.41, 5.74) is -1.96. The summed E-state index contributed by atoms with van der Waals surface area (Å²) >= 11 is 0. The molecule has 1 fully saturated rings. The molecule has 0 aromatic carbocycles. The first-order valence-corrected chi connectivity index (χ1v) is 6.99. The molecule has 2 aliphatic carbocycles. The smallest absolute Gasteiger partial charge is 0.374 e. The molecule has 21 heavy (non-hydrogen) atoms. The molecule has 2 atom stereocenters. The van der Waals surface area contributed by atoms with Crippen molar-refractivity contribution in [2.75, 3.05) is 0 Å². The Morgan fingerprint density at radius 3 is 1.95 bits per heavy atom. The lowest BCUT2D eigenvalue weighted by Gasteiger charge is -2.33. The van der Waals surface area contributed by atoms with Crippen LogP contribution in [0.4, 0.5) is 26.3 Å². The Hall–Kier alpha value is -0.720. The highest BCUT2D eigenvalue weighted by Crippen LogP contribution is 2.51. The average molecular weight is 316 g/mol. The number of fused-ring (bicyclic) bond motifs is 2. The minimum atomic E-state index is -5.70. The fraction of sp³-hybridized carbons (Fsp3) is 0.857. The van der Waals surface area contributed by atoms with Crippen molar-refractivity contribution in [3.8, 4) is 0 Å². The Bertz CT molecular complexity index is 418. The molecule has 0 aromatic rings. The van der Waals surface area contributed by atoms with Crippen LogP contribution in [0.15, 0.2) is 11.1 Å². The first-order chi connectivity index (χ1) is 9.46. The second-order valence-corrected chi connectivity index (χ2v) is 6.26. The van der Waals surface area contributed by atoms with E-state index >= 15 is 0 Å². The van der Waals surface area contributed by atoms with E-state index in [1.54, 1.807) is 0 Å². The Morgan fingerprint density at radius 1 is 1.00 bits per heavy atom. The van der Waals surface area contributed by atoms with Crippen molar-refractivity contribution in [3.63, 3.8) is 0 Å². The summed E-state index contributed by atoms with van der Waals surface area (Å²) in [6.07, 6.45) is -10.1. The zero-order valence-electron chi connectivity index (χ0n) is 11.6. The number of aliphatic hydroxyl groups is 1. The maximum Gasteiger partial charge on any atom is 0.426 e. The van der Waals surface area contributed by atoms with Crippen LogP contribution >= 0.6 is 0 Å². The summed E-state index contributed by atoms with van der Waals surface area (Å²) in [5, 5.41) is 9.07. The molecule has 0 saturated heterocycles. The van der Waals surface area contributed by atoms with Gasteiger partial charge in [0.2, 0.25) is 0 Å². The van der Waals surface area contributed by atoms with Crippen LogP contribution in [0.3, 0.4) is 0 Å². The lowest BCUT2D eigenvalue weighted by molar-refractivity contribution is -0.370. The molecular formula is C14H18F6O. The molecule has 0 heterocycles. The lowest BCUT2D eigenvalue weighted by Crippen LogP contribution is -2.56. The van der Waals surface area contributed by atoms with Gasteiger partial charge < -0.3 is 5.11 Å². The molecule has 2 aliphatic rings. The maximum atomic E-state index is 12.5. The van der Waals surface area contributed by atoms with Crippen molar-refractivity contribution >= 4 is 0 Å². The quantitative estimate of drug-likeness (QED) is 0.586. The molecule has 122 valence electrons. The van der Waals surface area contributed by atoms with Crippen LogP contribution < -0.4 is 0 Å². The minimum Gasteiger partial charge on any atom is -0.374 e. The number of rotatable bonds is 4. The van der Waals surface area contributed by atoms with Gasteiger partial charge in [-0.15, -0.1) is 0 Å². The summed E-state index contributed by atoms with van der Waals surface area (Å²) in [6.45, 7) is 2.03. The third-order valence-electron chi connectivity index (χ3n) is 4.91. The zero-order valence-corrected chi connectivity index (χ0v) is 11.6. The molecule has 0 radical (unpaired) electrons. The van der Waals surface area contributed by atoms with Gasteiger partial charge in [0.1, 0.15) is 0 Å². The summed E-state index contributed by atoms with van der Waals surface area (Å²) < 4.78 is 75.1. The molecule has 2 rings (SSSR count). The Morgan fingerprint density at radius 2 is 1.57 bits per heavy atom. The third-order valence-corrected chi connectivity index (χ3v) is 4.91. The van der Waals surface area contributed by atoms with Crippen LogP contribution in [0.2, 0.25) is 0 Å². The first-order valence-electron chi connectivity index (χ1n) is 6.99. The second kappa shape index (κ2) is 5.18. The number of alkyl halides is 6. The van der Waals surface area contributed by atoms with Crippen molar-refractivity contribution in [2.45, 2.75) is 63.4 Å². The number of allylic oxidation sites excluding steroid dienone is 2. The van der Waals surface area contributed by atoms with Crippen LogP contribution in [0.1, 0.15) is 45.4 Å². The fourth-order valence-electron chi connectivity index (χ4n) is 3.58. The molecule has 1 N–H and O–H groups in total. The zero-order chi connectivity index (χ0) is 16.1. The summed E-state index contributed by atoms with van der Waals surface area (Å²) in [6, 6.07) is 0. The number of hydrogen-bond donors (Lipinski definition) is 1. The predicted molar refractivity (Wildman–Crippen MR) is 64.4 cm³/mol. The SMILES string of the molecule is CC1=C2CC(CCCC(O)(C(F)(F)F)C(F)(F)F)C(C1)C2.